The maximum atomic E-state index is 12.4. The standard InChI is InChI=1S/C20H21ClN4OS/c1-4-25-19(15-7-9-16(21)10-8-15)23-24-20(25)27-12-18(26)22-17-11-13(2)5-6-14(17)3/h5-11H,4,12H2,1-3H3,(H,22,26). The molecule has 140 valence electrons. The van der Waals surface area contributed by atoms with E-state index in [4.69, 9.17) is 11.6 Å². The van der Waals surface area contributed by atoms with Crippen LogP contribution in [-0.2, 0) is 11.3 Å². The number of hydrogen-bond acceptors (Lipinski definition) is 4. The number of carbonyl (C=O) groups is 1. The van der Waals surface area contributed by atoms with Crippen LogP contribution in [0.25, 0.3) is 11.4 Å². The molecule has 1 N–H and O–H groups in total. The minimum Gasteiger partial charge on any atom is -0.325 e. The predicted molar refractivity (Wildman–Crippen MR) is 111 cm³/mol. The lowest BCUT2D eigenvalue weighted by Gasteiger charge is -2.10. The van der Waals surface area contributed by atoms with Crippen molar-refractivity contribution in [2.45, 2.75) is 32.5 Å². The molecule has 1 aromatic heterocycles. The van der Waals surface area contributed by atoms with Gasteiger partial charge < -0.3 is 9.88 Å². The van der Waals surface area contributed by atoms with E-state index in [0.717, 1.165) is 33.4 Å². The van der Waals surface area contributed by atoms with E-state index >= 15 is 0 Å². The van der Waals surface area contributed by atoms with Crippen LogP contribution in [0.5, 0.6) is 0 Å². The number of amides is 1. The predicted octanol–water partition coefficient (Wildman–Crippen LogP) is 4.97. The molecule has 3 rings (SSSR count). The van der Waals surface area contributed by atoms with E-state index < -0.39 is 0 Å². The first-order valence-electron chi connectivity index (χ1n) is 8.67. The lowest BCUT2D eigenvalue weighted by molar-refractivity contribution is -0.113. The van der Waals surface area contributed by atoms with Gasteiger partial charge in [-0.15, -0.1) is 10.2 Å². The van der Waals surface area contributed by atoms with Crippen LogP contribution >= 0.6 is 23.4 Å². The maximum Gasteiger partial charge on any atom is 0.234 e. The van der Waals surface area contributed by atoms with Crippen molar-refractivity contribution < 1.29 is 4.79 Å². The zero-order valence-corrected chi connectivity index (χ0v) is 17.1. The highest BCUT2D eigenvalue weighted by Gasteiger charge is 2.15. The number of nitrogens with one attached hydrogen (secondary N) is 1. The molecule has 0 bridgehead atoms. The Morgan fingerprint density at radius 1 is 1.15 bits per heavy atom. The molecule has 0 saturated carbocycles. The van der Waals surface area contributed by atoms with Gasteiger partial charge in [0.2, 0.25) is 5.91 Å². The number of carbonyl (C=O) groups excluding carboxylic acids is 1. The van der Waals surface area contributed by atoms with Crippen LogP contribution in [0.2, 0.25) is 5.02 Å². The highest BCUT2D eigenvalue weighted by molar-refractivity contribution is 7.99. The minimum atomic E-state index is -0.0626. The van der Waals surface area contributed by atoms with Gasteiger partial charge in [-0.2, -0.15) is 0 Å². The van der Waals surface area contributed by atoms with Gasteiger partial charge in [0.25, 0.3) is 0 Å². The van der Waals surface area contributed by atoms with Crippen molar-refractivity contribution in [1.29, 1.82) is 0 Å². The number of halogens is 1. The minimum absolute atomic E-state index is 0.0626. The summed E-state index contributed by atoms with van der Waals surface area (Å²) >= 11 is 7.34. The van der Waals surface area contributed by atoms with E-state index in [2.05, 4.69) is 15.5 Å². The molecule has 0 aliphatic rings. The number of aromatic nitrogens is 3. The van der Waals surface area contributed by atoms with Gasteiger partial charge in [-0.25, -0.2) is 0 Å². The summed E-state index contributed by atoms with van der Waals surface area (Å²) < 4.78 is 2.00. The molecule has 0 atom stereocenters. The molecule has 0 fully saturated rings. The van der Waals surface area contributed by atoms with Gasteiger partial charge in [-0.05, 0) is 62.2 Å². The van der Waals surface area contributed by atoms with Crippen molar-refractivity contribution >= 4 is 35.0 Å². The van der Waals surface area contributed by atoms with Crippen LogP contribution in [0.4, 0.5) is 5.69 Å². The van der Waals surface area contributed by atoms with Gasteiger partial charge in [-0.3, -0.25) is 4.79 Å². The molecule has 0 unspecified atom stereocenters. The second-order valence-electron chi connectivity index (χ2n) is 6.21. The maximum absolute atomic E-state index is 12.4. The quantitative estimate of drug-likeness (QED) is 0.593. The monoisotopic (exact) mass is 400 g/mol. The van der Waals surface area contributed by atoms with Crippen molar-refractivity contribution in [1.82, 2.24) is 14.8 Å². The molecule has 0 radical (unpaired) electrons. The second kappa shape index (κ2) is 8.59. The third-order valence-corrected chi connectivity index (χ3v) is 5.35. The van der Waals surface area contributed by atoms with Crippen LogP contribution in [0.3, 0.4) is 0 Å². The molecule has 0 saturated heterocycles. The average Bonchev–Trinajstić information content (AvgIpc) is 3.06. The number of benzene rings is 2. The SMILES string of the molecule is CCn1c(SCC(=O)Nc2cc(C)ccc2C)nnc1-c1ccc(Cl)cc1. The normalized spacial score (nSPS) is 10.8. The first-order valence-corrected chi connectivity index (χ1v) is 10.0. The summed E-state index contributed by atoms with van der Waals surface area (Å²) in [6.45, 7) is 6.73. The highest BCUT2D eigenvalue weighted by atomic mass is 35.5. The third kappa shape index (κ3) is 4.70. The van der Waals surface area contributed by atoms with Crippen molar-refractivity contribution in [3.63, 3.8) is 0 Å². The number of aryl methyl sites for hydroxylation is 2. The van der Waals surface area contributed by atoms with Gasteiger partial charge in [0.1, 0.15) is 0 Å². The molecule has 1 heterocycles. The molecule has 5 nitrogen and oxygen atoms in total. The van der Waals surface area contributed by atoms with Crippen molar-refractivity contribution in [2.75, 3.05) is 11.1 Å². The smallest absolute Gasteiger partial charge is 0.234 e. The largest absolute Gasteiger partial charge is 0.325 e. The van der Waals surface area contributed by atoms with Crippen LogP contribution in [0, 0.1) is 13.8 Å². The summed E-state index contributed by atoms with van der Waals surface area (Å²) in [5, 5.41) is 12.9. The molecule has 0 aliphatic heterocycles. The summed E-state index contributed by atoms with van der Waals surface area (Å²) in [4.78, 5) is 12.4. The lowest BCUT2D eigenvalue weighted by Crippen LogP contribution is -2.15. The second-order valence-corrected chi connectivity index (χ2v) is 7.59. The van der Waals surface area contributed by atoms with Crippen LogP contribution in [0.1, 0.15) is 18.1 Å². The van der Waals surface area contributed by atoms with E-state index in [9.17, 15) is 4.79 Å². The molecule has 3 aromatic rings. The number of anilines is 1. The summed E-state index contributed by atoms with van der Waals surface area (Å²) in [5.41, 5.74) is 3.95. The molecule has 27 heavy (non-hydrogen) atoms. The third-order valence-electron chi connectivity index (χ3n) is 4.14. The fraction of sp³-hybridized carbons (Fsp3) is 0.250. The zero-order valence-electron chi connectivity index (χ0n) is 15.5. The summed E-state index contributed by atoms with van der Waals surface area (Å²) in [7, 11) is 0. The summed E-state index contributed by atoms with van der Waals surface area (Å²) in [5.74, 6) is 0.977. The van der Waals surface area contributed by atoms with Crippen molar-refractivity contribution in [2.24, 2.45) is 0 Å². The van der Waals surface area contributed by atoms with Gasteiger partial charge in [0.15, 0.2) is 11.0 Å². The van der Waals surface area contributed by atoms with Crippen LogP contribution in [-0.4, -0.2) is 26.4 Å². The van der Waals surface area contributed by atoms with E-state index in [1.165, 1.54) is 11.8 Å². The Labute approximate surface area is 168 Å². The van der Waals surface area contributed by atoms with Crippen molar-refractivity contribution in [3.05, 3.63) is 58.6 Å². The van der Waals surface area contributed by atoms with Crippen molar-refractivity contribution in [3.8, 4) is 11.4 Å². The number of hydrogen-bond donors (Lipinski definition) is 1. The topological polar surface area (TPSA) is 59.8 Å². The van der Waals surface area contributed by atoms with Crippen LogP contribution in [0.15, 0.2) is 47.6 Å². The first-order chi connectivity index (χ1) is 13.0. The molecule has 0 spiro atoms. The number of thioether (sulfide) groups is 1. The van der Waals surface area contributed by atoms with E-state index in [1.807, 2.05) is 67.8 Å². The Morgan fingerprint density at radius 3 is 2.59 bits per heavy atom. The van der Waals surface area contributed by atoms with Gasteiger partial charge in [-0.1, -0.05) is 35.5 Å². The number of rotatable bonds is 6. The molecular weight excluding hydrogens is 380 g/mol. The molecule has 7 heteroatoms. The Hall–Kier alpha value is -2.31. The molecule has 1 amide bonds. The lowest BCUT2D eigenvalue weighted by atomic mass is 10.1. The Balaban J connectivity index is 1.70. The first kappa shape index (κ1) is 19.5. The van der Waals surface area contributed by atoms with E-state index in [0.29, 0.717) is 11.6 Å². The molecule has 2 aromatic carbocycles. The van der Waals surface area contributed by atoms with Crippen LogP contribution < -0.4 is 5.32 Å². The fourth-order valence-corrected chi connectivity index (χ4v) is 3.61. The summed E-state index contributed by atoms with van der Waals surface area (Å²) in [6, 6.07) is 13.5. The van der Waals surface area contributed by atoms with E-state index in [-0.39, 0.29) is 11.7 Å². The average molecular weight is 401 g/mol. The zero-order chi connectivity index (χ0) is 19.4. The van der Waals surface area contributed by atoms with Gasteiger partial charge >= 0.3 is 0 Å². The Bertz CT molecular complexity index is 953. The van der Waals surface area contributed by atoms with Gasteiger partial charge in [0, 0.05) is 22.8 Å². The summed E-state index contributed by atoms with van der Waals surface area (Å²) in [6.07, 6.45) is 0. The van der Waals surface area contributed by atoms with Gasteiger partial charge in [0.05, 0.1) is 5.75 Å². The molecule has 0 aliphatic carbocycles. The molecular formula is C20H21ClN4OS. The van der Waals surface area contributed by atoms with E-state index in [1.54, 1.807) is 0 Å². The Morgan fingerprint density at radius 2 is 1.89 bits per heavy atom. The highest BCUT2D eigenvalue weighted by Crippen LogP contribution is 2.25. The Kier molecular flexibility index (Phi) is 6.19. The number of nitrogens with zero attached hydrogens (tertiary/aromatic N) is 3. The fourth-order valence-electron chi connectivity index (χ4n) is 2.68.